The van der Waals surface area contributed by atoms with E-state index in [-0.39, 0.29) is 12.5 Å². The van der Waals surface area contributed by atoms with Gasteiger partial charge in [-0.3, -0.25) is 9.63 Å². The third-order valence-corrected chi connectivity index (χ3v) is 2.18. The Bertz CT molecular complexity index is 509. The number of rotatable bonds is 3. The molecule has 0 aromatic carbocycles. The molecule has 0 fully saturated rings. The van der Waals surface area contributed by atoms with E-state index in [1.165, 1.54) is 13.4 Å². The van der Waals surface area contributed by atoms with E-state index in [9.17, 15) is 4.79 Å². The van der Waals surface area contributed by atoms with Crippen LogP contribution in [0, 0.1) is 0 Å². The molecule has 0 saturated heterocycles. The molecule has 0 saturated carbocycles. The summed E-state index contributed by atoms with van der Waals surface area (Å²) in [6, 6.07) is 0. The highest BCUT2D eigenvalue weighted by atomic mass is 16.7. The van der Waals surface area contributed by atoms with Crippen LogP contribution in [0.3, 0.4) is 0 Å². The summed E-state index contributed by atoms with van der Waals surface area (Å²) in [4.78, 5) is 28.5. The van der Waals surface area contributed by atoms with Gasteiger partial charge >= 0.3 is 0 Å². The van der Waals surface area contributed by atoms with Crippen molar-refractivity contribution in [3.05, 3.63) is 18.7 Å². The number of amides is 1. The zero-order valence-electron chi connectivity index (χ0n) is 8.99. The summed E-state index contributed by atoms with van der Waals surface area (Å²) in [5, 5.41) is 1.15. The molecule has 2 heterocycles. The Morgan fingerprint density at radius 3 is 2.94 bits per heavy atom. The second-order valence-corrected chi connectivity index (χ2v) is 3.15. The van der Waals surface area contributed by atoms with Gasteiger partial charge in [0.25, 0.3) is 5.91 Å². The van der Waals surface area contributed by atoms with Gasteiger partial charge in [-0.25, -0.2) is 20.0 Å². The van der Waals surface area contributed by atoms with E-state index in [2.05, 4.69) is 15.0 Å². The van der Waals surface area contributed by atoms with Crippen LogP contribution in [-0.4, -0.2) is 44.6 Å². The van der Waals surface area contributed by atoms with Crippen LogP contribution < -0.4 is 0 Å². The van der Waals surface area contributed by atoms with Crippen LogP contribution in [-0.2, 0) is 16.2 Å². The maximum absolute atomic E-state index is 11.6. The molecule has 0 unspecified atom stereocenters. The predicted molar refractivity (Wildman–Crippen MR) is 55.1 cm³/mol. The van der Waals surface area contributed by atoms with Crippen LogP contribution in [0.4, 0.5) is 0 Å². The first-order valence-electron chi connectivity index (χ1n) is 4.65. The quantitative estimate of drug-likeness (QED) is 0.674. The fourth-order valence-corrected chi connectivity index (χ4v) is 1.26. The molecule has 0 aliphatic heterocycles. The Morgan fingerprint density at radius 1 is 1.44 bits per heavy atom. The standard InChI is InChI=1S/C9H11N5O2/c1-13(16-2)7(15)5-14-6-12-8-9(14)11-4-3-10-8/h3-4,6H,5H2,1-2H3. The second kappa shape index (κ2) is 4.23. The number of hydroxylamine groups is 2. The smallest absolute Gasteiger partial charge is 0.265 e. The summed E-state index contributed by atoms with van der Waals surface area (Å²) in [7, 11) is 2.98. The maximum atomic E-state index is 11.6. The van der Waals surface area contributed by atoms with Crippen LogP contribution >= 0.6 is 0 Å². The highest BCUT2D eigenvalue weighted by molar-refractivity contribution is 5.76. The fourth-order valence-electron chi connectivity index (χ4n) is 1.26. The van der Waals surface area contributed by atoms with E-state index in [0.29, 0.717) is 11.3 Å². The SMILES string of the molecule is CON(C)C(=O)Cn1cnc2nccnc21. The molecule has 84 valence electrons. The van der Waals surface area contributed by atoms with Crippen molar-refractivity contribution in [2.75, 3.05) is 14.2 Å². The number of likely N-dealkylation sites (N-methyl/N-ethyl adjacent to an activating group) is 1. The molecule has 0 N–H and O–H groups in total. The fraction of sp³-hybridized carbons (Fsp3) is 0.333. The normalized spacial score (nSPS) is 10.6. The van der Waals surface area contributed by atoms with E-state index in [0.717, 1.165) is 5.06 Å². The van der Waals surface area contributed by atoms with Crippen molar-refractivity contribution in [1.29, 1.82) is 0 Å². The highest BCUT2D eigenvalue weighted by Crippen LogP contribution is 2.05. The topological polar surface area (TPSA) is 73.1 Å². The van der Waals surface area contributed by atoms with Gasteiger partial charge in [-0.05, 0) is 0 Å². The lowest BCUT2D eigenvalue weighted by Crippen LogP contribution is -2.29. The Balaban J connectivity index is 2.25. The first kappa shape index (κ1) is 10.5. The molecule has 0 bridgehead atoms. The summed E-state index contributed by atoms with van der Waals surface area (Å²) in [5.74, 6) is -0.188. The number of aromatic nitrogens is 4. The number of imidazole rings is 1. The number of hydrogen-bond acceptors (Lipinski definition) is 5. The zero-order chi connectivity index (χ0) is 11.5. The summed E-state index contributed by atoms with van der Waals surface area (Å²) in [6.07, 6.45) is 4.65. The minimum Gasteiger partial charge on any atom is -0.304 e. The van der Waals surface area contributed by atoms with E-state index >= 15 is 0 Å². The summed E-state index contributed by atoms with van der Waals surface area (Å²) in [5.41, 5.74) is 1.11. The number of fused-ring (bicyclic) bond motifs is 1. The van der Waals surface area contributed by atoms with E-state index in [1.807, 2.05) is 0 Å². The minimum absolute atomic E-state index is 0.125. The Morgan fingerprint density at radius 2 is 2.19 bits per heavy atom. The molecular formula is C9H11N5O2. The number of hydrogen-bond donors (Lipinski definition) is 0. The molecule has 0 aliphatic carbocycles. The first-order chi connectivity index (χ1) is 7.72. The average Bonchev–Trinajstić information content (AvgIpc) is 2.72. The second-order valence-electron chi connectivity index (χ2n) is 3.15. The van der Waals surface area contributed by atoms with Crippen molar-refractivity contribution in [1.82, 2.24) is 24.6 Å². The van der Waals surface area contributed by atoms with Crippen molar-refractivity contribution in [3.63, 3.8) is 0 Å². The summed E-state index contributed by atoms with van der Waals surface area (Å²) < 4.78 is 1.63. The van der Waals surface area contributed by atoms with Crippen molar-refractivity contribution in [2.24, 2.45) is 0 Å². The molecule has 16 heavy (non-hydrogen) atoms. The third-order valence-electron chi connectivity index (χ3n) is 2.18. The van der Waals surface area contributed by atoms with Crippen LogP contribution in [0.25, 0.3) is 11.3 Å². The van der Waals surface area contributed by atoms with E-state index < -0.39 is 0 Å². The van der Waals surface area contributed by atoms with Crippen molar-refractivity contribution in [2.45, 2.75) is 6.54 Å². The molecule has 2 aromatic heterocycles. The van der Waals surface area contributed by atoms with Gasteiger partial charge in [0.1, 0.15) is 6.54 Å². The highest BCUT2D eigenvalue weighted by Gasteiger charge is 2.11. The number of carbonyl (C=O) groups excluding carboxylic acids is 1. The Labute approximate surface area is 91.6 Å². The zero-order valence-corrected chi connectivity index (χ0v) is 8.99. The van der Waals surface area contributed by atoms with Crippen molar-refractivity contribution in [3.8, 4) is 0 Å². The van der Waals surface area contributed by atoms with Gasteiger partial charge < -0.3 is 4.57 Å². The molecule has 0 radical (unpaired) electrons. The van der Waals surface area contributed by atoms with Gasteiger partial charge in [0.15, 0.2) is 11.3 Å². The largest absolute Gasteiger partial charge is 0.304 e. The molecule has 7 nitrogen and oxygen atoms in total. The maximum Gasteiger partial charge on any atom is 0.265 e. The Kier molecular flexibility index (Phi) is 2.78. The number of carbonyl (C=O) groups is 1. The van der Waals surface area contributed by atoms with Crippen LogP contribution in [0.2, 0.25) is 0 Å². The van der Waals surface area contributed by atoms with Gasteiger partial charge in [-0.2, -0.15) is 0 Å². The third kappa shape index (κ3) is 1.84. The average molecular weight is 221 g/mol. The molecule has 1 amide bonds. The molecule has 2 rings (SSSR count). The van der Waals surface area contributed by atoms with Gasteiger partial charge in [0, 0.05) is 19.4 Å². The lowest BCUT2D eigenvalue weighted by molar-refractivity contribution is -0.169. The van der Waals surface area contributed by atoms with Crippen LogP contribution in [0.5, 0.6) is 0 Å². The molecule has 0 atom stereocenters. The van der Waals surface area contributed by atoms with Crippen LogP contribution in [0.1, 0.15) is 0 Å². The van der Waals surface area contributed by atoms with Gasteiger partial charge in [0.05, 0.1) is 13.4 Å². The monoisotopic (exact) mass is 221 g/mol. The van der Waals surface area contributed by atoms with Gasteiger partial charge in [-0.1, -0.05) is 0 Å². The summed E-state index contributed by atoms with van der Waals surface area (Å²) >= 11 is 0. The van der Waals surface area contributed by atoms with Crippen LogP contribution in [0.15, 0.2) is 18.7 Å². The molecular weight excluding hydrogens is 210 g/mol. The molecule has 7 heteroatoms. The van der Waals surface area contributed by atoms with Crippen molar-refractivity contribution < 1.29 is 9.63 Å². The molecule has 0 aliphatic rings. The first-order valence-corrected chi connectivity index (χ1v) is 4.65. The van der Waals surface area contributed by atoms with Crippen molar-refractivity contribution >= 4 is 17.2 Å². The minimum atomic E-state index is -0.188. The lowest BCUT2D eigenvalue weighted by atomic mass is 10.5. The predicted octanol–water partition coefficient (Wildman–Crippen LogP) is -0.154. The lowest BCUT2D eigenvalue weighted by Gasteiger charge is -2.13. The van der Waals surface area contributed by atoms with E-state index in [4.69, 9.17) is 4.84 Å². The molecule has 0 spiro atoms. The van der Waals surface area contributed by atoms with Gasteiger partial charge in [0.2, 0.25) is 0 Å². The number of nitrogens with zero attached hydrogens (tertiary/aromatic N) is 5. The van der Waals surface area contributed by atoms with E-state index in [1.54, 1.807) is 24.0 Å². The molecule has 2 aromatic rings. The Hall–Kier alpha value is -2.02. The summed E-state index contributed by atoms with van der Waals surface area (Å²) in [6.45, 7) is 0.125. The van der Waals surface area contributed by atoms with Gasteiger partial charge in [-0.15, -0.1) is 0 Å².